The number of hydrogen-bond acceptors (Lipinski definition) is 6. The number of nitrogens with zero attached hydrogens (tertiary/aromatic N) is 1. The number of ether oxygens (including phenoxy) is 1. The molecule has 6 heteroatoms. The maximum atomic E-state index is 11.5. The normalized spacial score (nSPS) is 11.9. The van der Waals surface area contributed by atoms with E-state index in [1.54, 1.807) is 24.3 Å². The van der Waals surface area contributed by atoms with Crippen molar-refractivity contribution in [2.24, 2.45) is 5.92 Å². The zero-order chi connectivity index (χ0) is 18.5. The first kappa shape index (κ1) is 18.1. The molecule has 0 saturated carbocycles. The molecule has 0 amide bonds. The number of carboxylic acids is 1. The zero-order valence-electron chi connectivity index (χ0n) is 14.5. The van der Waals surface area contributed by atoms with Crippen LogP contribution in [0, 0.1) is 5.92 Å². The number of aromatic nitrogens is 1. The molecule has 0 radical (unpaired) electrons. The van der Waals surface area contributed by atoms with Gasteiger partial charge in [0, 0.05) is 4.91 Å². The van der Waals surface area contributed by atoms with Crippen LogP contribution in [-0.4, -0.2) is 17.6 Å². The summed E-state index contributed by atoms with van der Waals surface area (Å²) in [5.74, 6) is -0.0955. The van der Waals surface area contributed by atoms with Crippen LogP contribution in [0.1, 0.15) is 19.4 Å². The molecule has 0 aliphatic carbocycles. The van der Waals surface area contributed by atoms with Gasteiger partial charge in [0.2, 0.25) is 0 Å². The molecule has 134 valence electrons. The highest BCUT2D eigenvalue weighted by Crippen LogP contribution is 2.30. The fourth-order valence-corrected chi connectivity index (χ4v) is 2.94. The number of rotatable bonds is 7. The Morgan fingerprint density at radius 3 is 2.62 bits per heavy atom. The summed E-state index contributed by atoms with van der Waals surface area (Å²) in [6.45, 7) is 4.78. The Balaban J connectivity index is 1.77. The lowest BCUT2D eigenvalue weighted by molar-refractivity contribution is -0.298. The molecular weight excluding hydrogens is 350 g/mol. The Morgan fingerprint density at radius 1 is 1.23 bits per heavy atom. The first-order chi connectivity index (χ1) is 12.5. The molecule has 5 nitrogen and oxygen atoms in total. The van der Waals surface area contributed by atoms with Crippen molar-refractivity contribution in [1.82, 2.24) is 4.98 Å². The van der Waals surface area contributed by atoms with Crippen molar-refractivity contribution in [2.45, 2.75) is 19.1 Å². The van der Waals surface area contributed by atoms with E-state index in [9.17, 15) is 9.90 Å². The molecule has 0 unspecified atom stereocenters. The molecule has 1 aromatic heterocycles. The van der Waals surface area contributed by atoms with Crippen LogP contribution >= 0.6 is 11.8 Å². The molecule has 0 atom stereocenters. The lowest BCUT2D eigenvalue weighted by Gasteiger charge is -2.09. The Hall–Kier alpha value is -2.73. The van der Waals surface area contributed by atoms with E-state index < -0.39 is 5.97 Å². The topological polar surface area (TPSA) is 75.4 Å². The number of carbonyl (C=O) groups is 1. The fraction of sp³-hybridized carbons (Fsp3) is 0.200. The summed E-state index contributed by atoms with van der Waals surface area (Å²) in [6.07, 6.45) is 1.53. The Morgan fingerprint density at radius 2 is 1.96 bits per heavy atom. The predicted octanol–water partition coefficient (Wildman–Crippen LogP) is 3.75. The number of hydrogen-bond donors (Lipinski definition) is 0. The second-order valence-corrected chi connectivity index (χ2v) is 7.11. The van der Waals surface area contributed by atoms with Crippen LogP contribution in [0.15, 0.2) is 63.1 Å². The Labute approximate surface area is 155 Å². The Kier molecular flexibility index (Phi) is 5.63. The van der Waals surface area contributed by atoms with Gasteiger partial charge >= 0.3 is 0 Å². The lowest BCUT2D eigenvalue weighted by Crippen LogP contribution is -2.22. The number of aliphatic carboxylic acids is 1. The largest absolute Gasteiger partial charge is 0.544 e. The van der Waals surface area contributed by atoms with Crippen molar-refractivity contribution >= 4 is 34.9 Å². The molecule has 26 heavy (non-hydrogen) atoms. The minimum atomic E-state index is -1.28. The summed E-state index contributed by atoms with van der Waals surface area (Å²) in [5, 5.41) is 11.7. The van der Waals surface area contributed by atoms with Crippen molar-refractivity contribution < 1.29 is 19.1 Å². The van der Waals surface area contributed by atoms with Crippen molar-refractivity contribution in [2.75, 3.05) is 6.61 Å². The van der Waals surface area contributed by atoms with Gasteiger partial charge in [0.25, 0.3) is 5.22 Å². The van der Waals surface area contributed by atoms with Gasteiger partial charge in [-0.3, -0.25) is 0 Å². The second-order valence-electron chi connectivity index (χ2n) is 6.12. The van der Waals surface area contributed by atoms with Crippen molar-refractivity contribution in [3.05, 3.63) is 59.0 Å². The van der Waals surface area contributed by atoms with Gasteiger partial charge in [0.1, 0.15) is 11.3 Å². The molecule has 2 aromatic carbocycles. The summed E-state index contributed by atoms with van der Waals surface area (Å²) < 4.78 is 11.2. The quantitative estimate of drug-likeness (QED) is 0.467. The van der Waals surface area contributed by atoms with E-state index in [4.69, 9.17) is 9.15 Å². The third kappa shape index (κ3) is 4.67. The molecule has 0 aliphatic heterocycles. The average Bonchev–Trinajstić information content (AvgIpc) is 3.02. The van der Waals surface area contributed by atoms with E-state index in [-0.39, 0.29) is 10.1 Å². The molecule has 0 N–H and O–H groups in total. The number of oxazole rings is 1. The highest BCUT2D eigenvalue weighted by atomic mass is 32.2. The predicted molar refractivity (Wildman–Crippen MR) is 99.6 cm³/mol. The van der Waals surface area contributed by atoms with Crippen LogP contribution in [0.3, 0.4) is 0 Å². The third-order valence-corrected chi connectivity index (χ3v) is 4.29. The van der Waals surface area contributed by atoms with Gasteiger partial charge in [-0.15, -0.1) is 0 Å². The summed E-state index contributed by atoms with van der Waals surface area (Å²) in [6, 6.07) is 14.5. The van der Waals surface area contributed by atoms with E-state index in [0.717, 1.165) is 23.1 Å². The van der Waals surface area contributed by atoms with E-state index in [1.807, 2.05) is 24.3 Å². The van der Waals surface area contributed by atoms with Gasteiger partial charge in [-0.05, 0) is 53.6 Å². The Bertz CT molecular complexity index is 895. The van der Waals surface area contributed by atoms with E-state index in [2.05, 4.69) is 18.8 Å². The first-order valence-electron chi connectivity index (χ1n) is 8.20. The van der Waals surface area contributed by atoms with Crippen LogP contribution in [0.5, 0.6) is 5.75 Å². The smallest absolute Gasteiger partial charge is 0.261 e. The van der Waals surface area contributed by atoms with Gasteiger partial charge in [0.05, 0.1) is 12.6 Å². The SMILES string of the molecule is CC(C)COc1ccc(/C=C(/Sc2nc3ccccc3o2)C(=O)[O-])cc1. The van der Waals surface area contributed by atoms with E-state index in [1.165, 1.54) is 6.08 Å². The molecule has 1 heterocycles. The maximum Gasteiger partial charge on any atom is 0.261 e. The van der Waals surface area contributed by atoms with Crippen molar-refractivity contribution in [3.63, 3.8) is 0 Å². The van der Waals surface area contributed by atoms with Crippen molar-refractivity contribution in [1.29, 1.82) is 0 Å². The monoisotopic (exact) mass is 368 g/mol. The average molecular weight is 368 g/mol. The number of para-hydroxylation sites is 2. The van der Waals surface area contributed by atoms with Gasteiger partial charge in [-0.25, -0.2) is 4.98 Å². The van der Waals surface area contributed by atoms with E-state index in [0.29, 0.717) is 23.6 Å². The molecular formula is C20H18NO4S-. The van der Waals surface area contributed by atoms with Gasteiger partial charge in [-0.1, -0.05) is 38.1 Å². The second kappa shape index (κ2) is 8.10. The van der Waals surface area contributed by atoms with Gasteiger partial charge in [0.15, 0.2) is 5.58 Å². The van der Waals surface area contributed by atoms with E-state index >= 15 is 0 Å². The zero-order valence-corrected chi connectivity index (χ0v) is 15.3. The number of thioether (sulfide) groups is 1. The maximum absolute atomic E-state index is 11.5. The molecule has 3 rings (SSSR count). The first-order valence-corrected chi connectivity index (χ1v) is 9.02. The summed E-state index contributed by atoms with van der Waals surface area (Å²) in [5.41, 5.74) is 2.02. The van der Waals surface area contributed by atoms with Crippen LogP contribution < -0.4 is 9.84 Å². The number of benzene rings is 2. The molecule has 3 aromatic rings. The molecule has 0 aliphatic rings. The minimum absolute atomic E-state index is 0.0207. The van der Waals surface area contributed by atoms with Gasteiger partial charge < -0.3 is 19.1 Å². The highest BCUT2D eigenvalue weighted by Gasteiger charge is 2.10. The summed E-state index contributed by atoms with van der Waals surface area (Å²) in [7, 11) is 0. The van der Waals surface area contributed by atoms with Crippen molar-refractivity contribution in [3.8, 4) is 5.75 Å². The van der Waals surface area contributed by atoms with Crippen LogP contribution in [-0.2, 0) is 4.79 Å². The minimum Gasteiger partial charge on any atom is -0.544 e. The number of carboxylic acid groups (broad SMARTS) is 1. The molecule has 0 saturated heterocycles. The van der Waals surface area contributed by atoms with Crippen LogP contribution in [0.2, 0.25) is 0 Å². The summed E-state index contributed by atoms with van der Waals surface area (Å²) in [4.78, 5) is 15.8. The molecule has 0 spiro atoms. The lowest BCUT2D eigenvalue weighted by atomic mass is 10.2. The standard InChI is InChI=1S/C20H19NO4S/c1-13(2)12-24-15-9-7-14(8-10-15)11-18(19(22)23)26-20-21-16-5-3-4-6-17(16)25-20/h3-11,13H,12H2,1-2H3,(H,22,23)/p-1/b18-11+. The molecule has 0 fully saturated rings. The molecule has 0 bridgehead atoms. The fourth-order valence-electron chi connectivity index (χ4n) is 2.19. The summed E-state index contributed by atoms with van der Waals surface area (Å²) >= 11 is 0.926. The number of fused-ring (bicyclic) bond motifs is 1. The van der Waals surface area contributed by atoms with Crippen LogP contribution in [0.25, 0.3) is 17.2 Å². The van der Waals surface area contributed by atoms with Crippen LogP contribution in [0.4, 0.5) is 0 Å². The van der Waals surface area contributed by atoms with Gasteiger partial charge in [-0.2, -0.15) is 0 Å². The third-order valence-electron chi connectivity index (χ3n) is 3.43. The highest BCUT2D eigenvalue weighted by molar-refractivity contribution is 8.03. The number of carbonyl (C=O) groups excluding carboxylic acids is 1.